The number of amides is 1. The third-order valence-electron chi connectivity index (χ3n) is 4.59. The molecule has 138 valence electrons. The zero-order valence-electron chi connectivity index (χ0n) is 15.1. The zero-order chi connectivity index (χ0) is 18.8. The Balaban J connectivity index is 1.55. The van der Waals surface area contributed by atoms with Crippen LogP contribution < -0.4 is 0 Å². The molecule has 0 spiro atoms. The van der Waals surface area contributed by atoms with E-state index in [2.05, 4.69) is 4.98 Å². The third kappa shape index (κ3) is 3.85. The van der Waals surface area contributed by atoms with E-state index in [1.54, 1.807) is 12.3 Å². The molecule has 6 heteroatoms. The van der Waals surface area contributed by atoms with Crippen LogP contribution in [0.2, 0.25) is 0 Å². The van der Waals surface area contributed by atoms with Crippen molar-refractivity contribution in [3.8, 4) is 0 Å². The molecular formula is C21H20N2O3S. The van der Waals surface area contributed by atoms with E-state index in [1.165, 1.54) is 11.3 Å². The molecule has 2 aromatic carbocycles. The van der Waals surface area contributed by atoms with Gasteiger partial charge in [0.2, 0.25) is 0 Å². The Hall–Kier alpha value is -2.73. The van der Waals surface area contributed by atoms with Crippen molar-refractivity contribution in [2.45, 2.75) is 32.4 Å². The van der Waals surface area contributed by atoms with E-state index in [1.807, 2.05) is 47.4 Å². The molecule has 1 heterocycles. The number of carbonyl (C=O) groups is 2. The molecule has 1 saturated carbocycles. The van der Waals surface area contributed by atoms with Gasteiger partial charge in [-0.1, -0.05) is 30.3 Å². The summed E-state index contributed by atoms with van der Waals surface area (Å²) in [5, 5.41) is 4.61. The van der Waals surface area contributed by atoms with Gasteiger partial charge in [0.1, 0.15) is 5.01 Å². The van der Waals surface area contributed by atoms with Crippen LogP contribution in [0.5, 0.6) is 0 Å². The van der Waals surface area contributed by atoms with Gasteiger partial charge in [-0.2, -0.15) is 0 Å². The van der Waals surface area contributed by atoms with Gasteiger partial charge in [-0.15, -0.1) is 11.3 Å². The fourth-order valence-electron chi connectivity index (χ4n) is 3.07. The van der Waals surface area contributed by atoms with E-state index in [-0.39, 0.29) is 11.9 Å². The zero-order valence-corrected chi connectivity index (χ0v) is 15.9. The molecule has 0 unspecified atom stereocenters. The van der Waals surface area contributed by atoms with Crippen LogP contribution in [0.3, 0.4) is 0 Å². The van der Waals surface area contributed by atoms with Gasteiger partial charge < -0.3 is 9.64 Å². The normalized spacial score (nSPS) is 13.5. The van der Waals surface area contributed by atoms with Crippen LogP contribution >= 0.6 is 11.3 Å². The molecule has 4 rings (SSSR count). The predicted molar refractivity (Wildman–Crippen MR) is 105 cm³/mol. The number of thiazole rings is 1. The number of esters is 1. The van der Waals surface area contributed by atoms with Crippen LogP contribution in [0.15, 0.2) is 47.8 Å². The molecule has 0 saturated heterocycles. The van der Waals surface area contributed by atoms with E-state index in [0.717, 1.165) is 28.6 Å². The highest BCUT2D eigenvalue weighted by Crippen LogP contribution is 2.31. The minimum Gasteiger partial charge on any atom is -0.461 e. The fourth-order valence-corrected chi connectivity index (χ4v) is 3.83. The predicted octanol–water partition coefficient (Wildman–Crippen LogP) is 4.28. The molecule has 0 aliphatic heterocycles. The van der Waals surface area contributed by atoms with Crippen LogP contribution in [-0.4, -0.2) is 34.4 Å². The van der Waals surface area contributed by atoms with Gasteiger partial charge >= 0.3 is 5.97 Å². The van der Waals surface area contributed by atoms with Gasteiger partial charge in [0.25, 0.3) is 5.91 Å². The van der Waals surface area contributed by atoms with Gasteiger partial charge in [0.05, 0.1) is 13.2 Å². The summed E-state index contributed by atoms with van der Waals surface area (Å²) in [6.07, 6.45) is 2.02. The maximum absolute atomic E-state index is 13.1. The maximum atomic E-state index is 13.1. The summed E-state index contributed by atoms with van der Waals surface area (Å²) in [4.78, 5) is 31.2. The van der Waals surface area contributed by atoms with Crippen LogP contribution in [0.1, 0.15) is 45.6 Å². The average molecular weight is 380 g/mol. The molecule has 5 nitrogen and oxygen atoms in total. The lowest BCUT2D eigenvalue weighted by atomic mass is 10.1. The van der Waals surface area contributed by atoms with Gasteiger partial charge in [-0.05, 0) is 42.7 Å². The summed E-state index contributed by atoms with van der Waals surface area (Å²) in [5.74, 6) is -0.407. The second-order valence-corrected chi connectivity index (χ2v) is 7.52. The highest BCUT2D eigenvalue weighted by Gasteiger charge is 2.34. The number of ether oxygens (including phenoxy) is 1. The first-order valence-corrected chi connectivity index (χ1v) is 9.95. The van der Waals surface area contributed by atoms with Crippen LogP contribution in [0.25, 0.3) is 10.8 Å². The summed E-state index contributed by atoms with van der Waals surface area (Å²) in [6.45, 7) is 2.50. The van der Waals surface area contributed by atoms with Crippen molar-refractivity contribution in [3.63, 3.8) is 0 Å². The largest absolute Gasteiger partial charge is 0.461 e. The molecule has 27 heavy (non-hydrogen) atoms. The van der Waals surface area contributed by atoms with E-state index in [9.17, 15) is 9.59 Å². The Morgan fingerprint density at radius 2 is 1.96 bits per heavy atom. The quantitative estimate of drug-likeness (QED) is 0.599. The molecule has 0 bridgehead atoms. The topological polar surface area (TPSA) is 59.5 Å². The summed E-state index contributed by atoms with van der Waals surface area (Å²) >= 11 is 1.39. The molecule has 0 radical (unpaired) electrons. The molecule has 0 atom stereocenters. The number of hydrogen-bond acceptors (Lipinski definition) is 5. The highest BCUT2D eigenvalue weighted by molar-refractivity contribution is 7.09. The smallest absolute Gasteiger partial charge is 0.357 e. The first-order chi connectivity index (χ1) is 13.2. The molecular weight excluding hydrogens is 360 g/mol. The first-order valence-electron chi connectivity index (χ1n) is 9.07. The Morgan fingerprint density at radius 3 is 2.70 bits per heavy atom. The third-order valence-corrected chi connectivity index (χ3v) is 5.42. The Kier molecular flexibility index (Phi) is 4.90. The van der Waals surface area contributed by atoms with Gasteiger partial charge in [-0.3, -0.25) is 4.79 Å². The van der Waals surface area contributed by atoms with E-state index < -0.39 is 5.97 Å². The minimum absolute atomic E-state index is 0.0103. The minimum atomic E-state index is -0.418. The number of nitrogens with zero attached hydrogens (tertiary/aromatic N) is 2. The number of hydrogen-bond donors (Lipinski definition) is 0. The van der Waals surface area contributed by atoms with Crippen molar-refractivity contribution in [1.29, 1.82) is 0 Å². The van der Waals surface area contributed by atoms with E-state index >= 15 is 0 Å². The Labute approximate surface area is 161 Å². The van der Waals surface area contributed by atoms with Crippen molar-refractivity contribution in [1.82, 2.24) is 9.88 Å². The molecule has 1 aliphatic rings. The van der Waals surface area contributed by atoms with Crippen LogP contribution in [0.4, 0.5) is 0 Å². The van der Waals surface area contributed by atoms with Gasteiger partial charge in [0, 0.05) is 17.0 Å². The maximum Gasteiger partial charge on any atom is 0.357 e. The second kappa shape index (κ2) is 7.48. The van der Waals surface area contributed by atoms with Crippen molar-refractivity contribution in [2.75, 3.05) is 6.61 Å². The van der Waals surface area contributed by atoms with Crippen LogP contribution in [0, 0.1) is 0 Å². The summed E-state index contributed by atoms with van der Waals surface area (Å²) in [5.41, 5.74) is 0.994. The number of carbonyl (C=O) groups excluding carboxylic acids is 2. The lowest BCUT2D eigenvalue weighted by Gasteiger charge is -2.21. The fraction of sp³-hybridized carbons (Fsp3) is 0.286. The number of aromatic nitrogens is 1. The molecule has 1 aliphatic carbocycles. The summed E-state index contributed by atoms with van der Waals surface area (Å²) < 4.78 is 4.99. The lowest BCUT2D eigenvalue weighted by molar-refractivity contribution is 0.0520. The number of fused-ring (bicyclic) bond motifs is 1. The van der Waals surface area contributed by atoms with Crippen molar-refractivity contribution in [2.24, 2.45) is 0 Å². The molecule has 0 N–H and O–H groups in total. The van der Waals surface area contributed by atoms with Crippen molar-refractivity contribution in [3.05, 3.63) is 64.1 Å². The molecule has 1 fully saturated rings. The SMILES string of the molecule is CCOC(=O)c1csc(CN(C(=O)c2ccc3ccccc3c2)C2CC2)n1. The van der Waals surface area contributed by atoms with E-state index in [4.69, 9.17) is 4.74 Å². The van der Waals surface area contributed by atoms with Crippen molar-refractivity contribution >= 4 is 34.0 Å². The lowest BCUT2D eigenvalue weighted by Crippen LogP contribution is -2.32. The van der Waals surface area contributed by atoms with Crippen molar-refractivity contribution < 1.29 is 14.3 Å². The highest BCUT2D eigenvalue weighted by atomic mass is 32.1. The van der Waals surface area contributed by atoms with E-state index in [0.29, 0.717) is 24.4 Å². The monoisotopic (exact) mass is 380 g/mol. The Morgan fingerprint density at radius 1 is 1.19 bits per heavy atom. The standard InChI is InChI=1S/C21H20N2O3S/c1-2-26-21(25)18-13-27-19(22-18)12-23(17-9-10-17)20(24)16-8-7-14-5-3-4-6-15(14)11-16/h3-8,11,13,17H,2,9-10,12H2,1H3. The Bertz CT molecular complexity index is 994. The summed E-state index contributed by atoms with van der Waals surface area (Å²) in [7, 11) is 0. The second-order valence-electron chi connectivity index (χ2n) is 6.57. The average Bonchev–Trinajstić information content (AvgIpc) is 3.43. The number of benzene rings is 2. The first kappa shape index (κ1) is 17.7. The van der Waals surface area contributed by atoms with Crippen LogP contribution in [-0.2, 0) is 11.3 Å². The van der Waals surface area contributed by atoms with Gasteiger partial charge in [0.15, 0.2) is 5.69 Å². The molecule has 1 amide bonds. The molecule has 1 aromatic heterocycles. The molecule has 3 aromatic rings. The summed E-state index contributed by atoms with van der Waals surface area (Å²) in [6, 6.07) is 14.1. The number of rotatable bonds is 6. The van der Waals surface area contributed by atoms with Gasteiger partial charge in [-0.25, -0.2) is 9.78 Å².